The van der Waals surface area contributed by atoms with Gasteiger partial charge in [0.15, 0.2) is 0 Å². The minimum atomic E-state index is -0.338. The van der Waals surface area contributed by atoms with Crippen molar-refractivity contribution in [3.05, 3.63) is 35.9 Å². The van der Waals surface area contributed by atoms with E-state index < -0.39 is 0 Å². The van der Waals surface area contributed by atoms with Crippen molar-refractivity contribution in [2.45, 2.75) is 56.4 Å². The highest BCUT2D eigenvalue weighted by molar-refractivity contribution is 5.89. The van der Waals surface area contributed by atoms with Gasteiger partial charge in [0.1, 0.15) is 0 Å². The summed E-state index contributed by atoms with van der Waals surface area (Å²) in [6.45, 7) is 1.49. The third kappa shape index (κ3) is 2.62. The molecule has 0 bridgehead atoms. The van der Waals surface area contributed by atoms with Crippen molar-refractivity contribution in [1.82, 2.24) is 10.2 Å². The molecule has 1 aromatic rings. The van der Waals surface area contributed by atoms with Gasteiger partial charge in [0, 0.05) is 19.5 Å². The minimum Gasteiger partial charge on any atom is -0.351 e. The maximum atomic E-state index is 13.5. The lowest BCUT2D eigenvalue weighted by Crippen LogP contribution is -2.46. The average molecular weight is 326 g/mol. The van der Waals surface area contributed by atoms with E-state index in [1.54, 1.807) is 0 Å². The quantitative estimate of drug-likeness (QED) is 0.908. The van der Waals surface area contributed by atoms with E-state index in [-0.39, 0.29) is 23.3 Å². The van der Waals surface area contributed by atoms with Gasteiger partial charge < -0.3 is 10.2 Å². The van der Waals surface area contributed by atoms with Crippen LogP contribution in [0.15, 0.2) is 30.3 Å². The molecule has 0 spiro atoms. The van der Waals surface area contributed by atoms with Gasteiger partial charge in [-0.1, -0.05) is 43.2 Å². The summed E-state index contributed by atoms with van der Waals surface area (Å²) in [4.78, 5) is 27.4. The van der Waals surface area contributed by atoms with Gasteiger partial charge in [0.25, 0.3) is 0 Å². The van der Waals surface area contributed by atoms with Gasteiger partial charge in [-0.25, -0.2) is 0 Å². The highest BCUT2D eigenvalue weighted by atomic mass is 16.2. The molecule has 1 aromatic carbocycles. The molecular weight excluding hydrogens is 300 g/mol. The Kier molecular flexibility index (Phi) is 4.07. The molecule has 128 valence electrons. The van der Waals surface area contributed by atoms with E-state index in [0.29, 0.717) is 18.9 Å². The first-order valence-electron chi connectivity index (χ1n) is 9.33. The first kappa shape index (κ1) is 15.7. The van der Waals surface area contributed by atoms with E-state index in [2.05, 4.69) is 17.4 Å². The van der Waals surface area contributed by atoms with Gasteiger partial charge in [0.2, 0.25) is 11.8 Å². The molecule has 0 radical (unpaired) electrons. The van der Waals surface area contributed by atoms with Crippen molar-refractivity contribution in [3.63, 3.8) is 0 Å². The Bertz CT molecular complexity index is 622. The predicted molar refractivity (Wildman–Crippen MR) is 92.4 cm³/mol. The lowest BCUT2D eigenvalue weighted by molar-refractivity contribution is -0.136. The van der Waals surface area contributed by atoms with Crippen molar-refractivity contribution >= 4 is 11.8 Å². The molecule has 24 heavy (non-hydrogen) atoms. The highest BCUT2D eigenvalue weighted by Crippen LogP contribution is 2.43. The van der Waals surface area contributed by atoms with Crippen molar-refractivity contribution in [3.8, 4) is 0 Å². The summed E-state index contributed by atoms with van der Waals surface area (Å²) in [5.74, 6) is 0.860. The van der Waals surface area contributed by atoms with Crippen molar-refractivity contribution in [2.75, 3.05) is 13.1 Å². The number of carbonyl (C=O) groups excluding carboxylic acids is 2. The van der Waals surface area contributed by atoms with Gasteiger partial charge in [-0.2, -0.15) is 0 Å². The number of hydrogen-bond acceptors (Lipinski definition) is 2. The van der Waals surface area contributed by atoms with Crippen molar-refractivity contribution in [2.24, 2.45) is 5.92 Å². The second kappa shape index (κ2) is 6.23. The SMILES string of the molecule is O=C1CCC[C@@H]2CN(C(=O)C3(c4ccccc4)CCCC3)C[C@@H]2N1. The van der Waals surface area contributed by atoms with Crippen LogP contribution in [0.3, 0.4) is 0 Å². The fourth-order valence-corrected chi connectivity index (χ4v) is 4.96. The van der Waals surface area contributed by atoms with Crippen molar-refractivity contribution in [1.29, 1.82) is 0 Å². The average Bonchev–Trinajstić information content (AvgIpc) is 3.20. The molecule has 1 saturated carbocycles. The van der Waals surface area contributed by atoms with Gasteiger partial charge in [0.05, 0.1) is 11.5 Å². The molecule has 4 rings (SSSR count). The number of hydrogen-bond donors (Lipinski definition) is 1. The lowest BCUT2D eigenvalue weighted by Gasteiger charge is -2.33. The Morgan fingerprint density at radius 3 is 2.58 bits per heavy atom. The second-order valence-electron chi connectivity index (χ2n) is 7.69. The molecule has 2 saturated heterocycles. The van der Waals surface area contributed by atoms with E-state index in [1.807, 2.05) is 23.1 Å². The number of likely N-dealkylation sites (tertiary alicyclic amines) is 1. The van der Waals surface area contributed by atoms with E-state index in [4.69, 9.17) is 0 Å². The molecule has 3 aliphatic rings. The molecule has 2 heterocycles. The number of rotatable bonds is 2. The Morgan fingerprint density at radius 2 is 1.83 bits per heavy atom. The molecule has 2 amide bonds. The topological polar surface area (TPSA) is 49.4 Å². The normalized spacial score (nSPS) is 29.0. The zero-order valence-electron chi connectivity index (χ0n) is 14.2. The number of amides is 2. The smallest absolute Gasteiger partial charge is 0.233 e. The van der Waals surface area contributed by atoms with Crippen molar-refractivity contribution < 1.29 is 9.59 Å². The zero-order valence-corrected chi connectivity index (χ0v) is 14.2. The van der Waals surface area contributed by atoms with Crippen LogP contribution in [-0.2, 0) is 15.0 Å². The summed E-state index contributed by atoms with van der Waals surface area (Å²) < 4.78 is 0. The number of nitrogens with one attached hydrogen (secondary N) is 1. The summed E-state index contributed by atoms with van der Waals surface area (Å²) in [7, 11) is 0. The van der Waals surface area contributed by atoms with E-state index >= 15 is 0 Å². The van der Waals surface area contributed by atoms with Crippen LogP contribution in [0.4, 0.5) is 0 Å². The molecular formula is C20H26N2O2. The van der Waals surface area contributed by atoms with Crippen LogP contribution in [0.5, 0.6) is 0 Å². The fourth-order valence-electron chi connectivity index (χ4n) is 4.96. The lowest BCUT2D eigenvalue weighted by atomic mass is 9.77. The van der Waals surface area contributed by atoms with E-state index in [0.717, 1.165) is 45.1 Å². The van der Waals surface area contributed by atoms with E-state index in [1.165, 1.54) is 5.56 Å². The second-order valence-corrected chi connectivity index (χ2v) is 7.69. The number of carbonyl (C=O) groups is 2. The van der Waals surface area contributed by atoms with Gasteiger partial charge in [-0.05, 0) is 37.2 Å². The summed E-state index contributed by atoms with van der Waals surface area (Å²) >= 11 is 0. The maximum absolute atomic E-state index is 13.5. The molecule has 4 nitrogen and oxygen atoms in total. The number of nitrogens with zero attached hydrogens (tertiary/aromatic N) is 1. The zero-order chi connectivity index (χ0) is 16.6. The first-order chi connectivity index (χ1) is 11.7. The van der Waals surface area contributed by atoms with Crippen LogP contribution >= 0.6 is 0 Å². The van der Waals surface area contributed by atoms with Crippen LogP contribution < -0.4 is 5.32 Å². The standard InChI is InChI=1S/C20H26N2O2/c23-18-10-6-7-15-13-22(14-17(15)21-18)19(24)20(11-4-5-12-20)16-8-2-1-3-9-16/h1-3,8-9,15,17H,4-7,10-14H2,(H,21,23)/t15-,17+/m1/s1. The summed E-state index contributed by atoms with van der Waals surface area (Å²) in [6, 6.07) is 10.5. The van der Waals surface area contributed by atoms with Crippen LogP contribution in [0.25, 0.3) is 0 Å². The third-order valence-corrected chi connectivity index (χ3v) is 6.25. The summed E-state index contributed by atoms with van der Waals surface area (Å²) in [5, 5.41) is 3.14. The maximum Gasteiger partial charge on any atom is 0.233 e. The predicted octanol–water partition coefficient (Wildman–Crippen LogP) is 2.63. The van der Waals surface area contributed by atoms with Gasteiger partial charge in [-0.3, -0.25) is 9.59 Å². The van der Waals surface area contributed by atoms with Gasteiger partial charge >= 0.3 is 0 Å². The Balaban J connectivity index is 1.57. The Labute approximate surface area is 143 Å². The van der Waals surface area contributed by atoms with Crippen LogP contribution in [0.2, 0.25) is 0 Å². The molecule has 0 aromatic heterocycles. The van der Waals surface area contributed by atoms with Crippen LogP contribution in [0, 0.1) is 5.92 Å². The molecule has 2 aliphatic heterocycles. The van der Waals surface area contributed by atoms with Crippen LogP contribution in [0.1, 0.15) is 50.5 Å². The molecule has 2 atom stereocenters. The Morgan fingerprint density at radius 1 is 1.08 bits per heavy atom. The number of fused-ring (bicyclic) bond motifs is 1. The third-order valence-electron chi connectivity index (χ3n) is 6.25. The van der Waals surface area contributed by atoms with Gasteiger partial charge in [-0.15, -0.1) is 0 Å². The first-order valence-corrected chi connectivity index (χ1v) is 9.33. The number of benzene rings is 1. The molecule has 0 unspecified atom stereocenters. The summed E-state index contributed by atoms with van der Waals surface area (Å²) in [5.41, 5.74) is 0.832. The Hall–Kier alpha value is -1.84. The minimum absolute atomic E-state index is 0.149. The molecule has 1 aliphatic carbocycles. The fraction of sp³-hybridized carbons (Fsp3) is 0.600. The van der Waals surface area contributed by atoms with E-state index in [9.17, 15) is 9.59 Å². The highest BCUT2D eigenvalue weighted by Gasteiger charge is 2.48. The summed E-state index contributed by atoms with van der Waals surface area (Å²) in [6.07, 6.45) is 6.78. The largest absolute Gasteiger partial charge is 0.351 e. The molecule has 3 fully saturated rings. The monoisotopic (exact) mass is 326 g/mol. The molecule has 4 heteroatoms. The molecule has 1 N–H and O–H groups in total. The van der Waals surface area contributed by atoms with Crippen LogP contribution in [-0.4, -0.2) is 35.8 Å².